The van der Waals surface area contributed by atoms with Crippen molar-refractivity contribution in [2.75, 3.05) is 13.1 Å². The first-order valence-electron chi connectivity index (χ1n) is 7.32. The summed E-state index contributed by atoms with van der Waals surface area (Å²) in [5.41, 5.74) is 0.948. The second-order valence-electron chi connectivity index (χ2n) is 5.47. The molecule has 1 aromatic rings. The Labute approximate surface area is 129 Å². The van der Waals surface area contributed by atoms with Crippen LogP contribution in [0.2, 0.25) is 0 Å². The second-order valence-corrected chi connectivity index (χ2v) is 6.56. The maximum atomic E-state index is 12.5. The normalized spacial score (nSPS) is 16.6. The first-order chi connectivity index (χ1) is 10.0. The Kier molecular flexibility index (Phi) is 5.17. The molecule has 1 aromatic heterocycles. The maximum absolute atomic E-state index is 12.5. The minimum absolute atomic E-state index is 0.0765. The zero-order chi connectivity index (χ0) is 15.4. The Bertz CT molecular complexity index is 554. The molecule has 0 atom stereocenters. The van der Waals surface area contributed by atoms with Crippen molar-refractivity contribution in [2.45, 2.75) is 33.1 Å². The fourth-order valence-electron chi connectivity index (χ4n) is 2.61. The van der Waals surface area contributed by atoms with E-state index in [1.807, 2.05) is 17.9 Å². The number of aryl methyl sites for hydroxylation is 1. The largest absolute Gasteiger partial charge is 0.478 e. The lowest BCUT2D eigenvalue weighted by Crippen LogP contribution is -2.38. The van der Waals surface area contributed by atoms with Gasteiger partial charge in [0.05, 0.1) is 4.88 Å². The predicted octanol–water partition coefficient (Wildman–Crippen LogP) is 3.42. The average Bonchev–Trinajstić information content (AvgIpc) is 2.85. The van der Waals surface area contributed by atoms with E-state index in [1.54, 1.807) is 6.08 Å². The van der Waals surface area contributed by atoms with Gasteiger partial charge in [0, 0.05) is 24.0 Å². The van der Waals surface area contributed by atoms with Gasteiger partial charge in [-0.3, -0.25) is 4.79 Å². The van der Waals surface area contributed by atoms with Crippen molar-refractivity contribution in [1.29, 1.82) is 0 Å². The number of likely N-dealkylation sites (tertiary alicyclic amines) is 1. The molecule has 4 nitrogen and oxygen atoms in total. The summed E-state index contributed by atoms with van der Waals surface area (Å²) in [6, 6.07) is 1.86. The number of thiophene rings is 1. The molecule has 0 aliphatic carbocycles. The quantitative estimate of drug-likeness (QED) is 0.867. The van der Waals surface area contributed by atoms with Crippen LogP contribution in [0.3, 0.4) is 0 Å². The van der Waals surface area contributed by atoms with E-state index in [0.29, 0.717) is 4.88 Å². The number of carbonyl (C=O) groups is 2. The Morgan fingerprint density at radius 1 is 1.43 bits per heavy atom. The van der Waals surface area contributed by atoms with Gasteiger partial charge in [0.2, 0.25) is 0 Å². The third-order valence-electron chi connectivity index (χ3n) is 4.02. The number of carboxylic acid groups (broad SMARTS) is 1. The molecule has 21 heavy (non-hydrogen) atoms. The summed E-state index contributed by atoms with van der Waals surface area (Å²) >= 11 is 1.37. The molecule has 0 bridgehead atoms. The molecule has 2 rings (SSSR count). The van der Waals surface area contributed by atoms with Gasteiger partial charge in [0.15, 0.2) is 0 Å². The molecule has 2 heterocycles. The molecule has 5 heteroatoms. The van der Waals surface area contributed by atoms with Crippen molar-refractivity contribution in [3.63, 3.8) is 0 Å². The molecule has 1 fully saturated rings. The number of aliphatic carboxylic acids is 1. The van der Waals surface area contributed by atoms with Gasteiger partial charge in [-0.25, -0.2) is 4.79 Å². The second kappa shape index (κ2) is 6.89. The van der Waals surface area contributed by atoms with Gasteiger partial charge in [-0.1, -0.05) is 13.3 Å². The molecule has 0 spiro atoms. The number of carboxylic acids is 1. The van der Waals surface area contributed by atoms with E-state index in [4.69, 9.17) is 5.11 Å². The van der Waals surface area contributed by atoms with Crippen LogP contribution in [-0.2, 0) is 4.79 Å². The van der Waals surface area contributed by atoms with E-state index in [1.165, 1.54) is 17.8 Å². The SMILES string of the molecule is CCC1CCN(C(=O)c2cc(C)c(/C=C/C(=O)O)s2)CC1. The zero-order valence-corrected chi connectivity index (χ0v) is 13.3. The Balaban J connectivity index is 2.06. The summed E-state index contributed by atoms with van der Waals surface area (Å²) in [6.45, 7) is 5.76. The zero-order valence-electron chi connectivity index (χ0n) is 12.5. The molecule has 0 aromatic carbocycles. The summed E-state index contributed by atoms with van der Waals surface area (Å²) in [6.07, 6.45) is 6.02. The van der Waals surface area contributed by atoms with Crippen molar-refractivity contribution in [3.05, 3.63) is 27.5 Å². The van der Waals surface area contributed by atoms with Gasteiger partial charge in [0.25, 0.3) is 5.91 Å². The van der Waals surface area contributed by atoms with Crippen LogP contribution in [-0.4, -0.2) is 35.0 Å². The number of nitrogens with zero attached hydrogens (tertiary/aromatic N) is 1. The third kappa shape index (κ3) is 3.94. The van der Waals surface area contributed by atoms with Gasteiger partial charge < -0.3 is 10.0 Å². The van der Waals surface area contributed by atoms with Crippen molar-refractivity contribution in [2.24, 2.45) is 5.92 Å². The summed E-state index contributed by atoms with van der Waals surface area (Å²) in [4.78, 5) is 26.5. The third-order valence-corrected chi connectivity index (χ3v) is 5.21. The number of hydrogen-bond acceptors (Lipinski definition) is 3. The van der Waals surface area contributed by atoms with Crippen LogP contribution in [0, 0.1) is 12.8 Å². The number of rotatable bonds is 4. The van der Waals surface area contributed by atoms with Crippen LogP contribution < -0.4 is 0 Å². The van der Waals surface area contributed by atoms with E-state index in [0.717, 1.165) is 48.4 Å². The van der Waals surface area contributed by atoms with Crippen LogP contribution in [0.1, 0.15) is 46.3 Å². The lowest BCUT2D eigenvalue weighted by atomic mass is 9.94. The first kappa shape index (κ1) is 15.8. The highest BCUT2D eigenvalue weighted by molar-refractivity contribution is 7.15. The van der Waals surface area contributed by atoms with Crippen molar-refractivity contribution in [1.82, 2.24) is 4.90 Å². The number of carbonyl (C=O) groups excluding carboxylic acids is 1. The van der Waals surface area contributed by atoms with E-state index in [-0.39, 0.29) is 5.91 Å². The number of amides is 1. The van der Waals surface area contributed by atoms with Gasteiger partial charge in [-0.2, -0.15) is 0 Å². The molecular formula is C16H21NO3S. The Morgan fingerprint density at radius 2 is 2.10 bits per heavy atom. The molecule has 1 aliphatic heterocycles. The minimum Gasteiger partial charge on any atom is -0.478 e. The molecule has 1 aliphatic rings. The Hall–Kier alpha value is -1.62. The lowest BCUT2D eigenvalue weighted by molar-refractivity contribution is -0.131. The first-order valence-corrected chi connectivity index (χ1v) is 8.13. The molecule has 1 N–H and O–H groups in total. The molecule has 1 amide bonds. The molecule has 114 valence electrons. The van der Waals surface area contributed by atoms with Gasteiger partial charge in [-0.15, -0.1) is 11.3 Å². The van der Waals surface area contributed by atoms with Gasteiger partial charge in [0.1, 0.15) is 0 Å². The van der Waals surface area contributed by atoms with Crippen molar-refractivity contribution < 1.29 is 14.7 Å². The summed E-state index contributed by atoms with van der Waals surface area (Å²) in [5, 5.41) is 8.68. The van der Waals surface area contributed by atoms with E-state index < -0.39 is 5.97 Å². The molecule has 0 radical (unpaired) electrons. The van der Waals surface area contributed by atoms with Crippen LogP contribution in [0.4, 0.5) is 0 Å². The smallest absolute Gasteiger partial charge is 0.328 e. The summed E-state index contributed by atoms with van der Waals surface area (Å²) < 4.78 is 0. The number of hydrogen-bond donors (Lipinski definition) is 1. The average molecular weight is 307 g/mol. The molecule has 1 saturated heterocycles. The highest BCUT2D eigenvalue weighted by Crippen LogP contribution is 2.27. The van der Waals surface area contributed by atoms with E-state index >= 15 is 0 Å². The topological polar surface area (TPSA) is 57.6 Å². The van der Waals surface area contributed by atoms with Gasteiger partial charge >= 0.3 is 5.97 Å². The molecule has 0 saturated carbocycles. The predicted molar refractivity (Wildman–Crippen MR) is 84.6 cm³/mol. The maximum Gasteiger partial charge on any atom is 0.328 e. The minimum atomic E-state index is -0.975. The fourth-order valence-corrected chi connectivity index (χ4v) is 3.66. The molecular weight excluding hydrogens is 286 g/mol. The van der Waals surface area contributed by atoms with Crippen LogP contribution in [0.15, 0.2) is 12.1 Å². The summed E-state index contributed by atoms with van der Waals surface area (Å²) in [5.74, 6) is -0.155. The number of piperidine rings is 1. The van der Waals surface area contributed by atoms with Gasteiger partial charge in [-0.05, 0) is 43.4 Å². The highest BCUT2D eigenvalue weighted by atomic mass is 32.1. The van der Waals surface area contributed by atoms with Crippen LogP contribution in [0.5, 0.6) is 0 Å². The monoisotopic (exact) mass is 307 g/mol. The fraction of sp³-hybridized carbons (Fsp3) is 0.500. The lowest BCUT2D eigenvalue weighted by Gasteiger charge is -2.31. The standard InChI is InChI=1S/C16H21NO3S/c1-3-12-6-8-17(9-7-12)16(20)14-10-11(2)13(21-14)4-5-15(18)19/h4-5,10,12H,3,6-9H2,1-2H3,(H,18,19)/b5-4+. The van der Waals surface area contributed by atoms with Crippen molar-refractivity contribution >= 4 is 29.3 Å². The van der Waals surface area contributed by atoms with Crippen molar-refractivity contribution in [3.8, 4) is 0 Å². The Morgan fingerprint density at radius 3 is 2.67 bits per heavy atom. The van der Waals surface area contributed by atoms with E-state index in [2.05, 4.69) is 6.92 Å². The highest BCUT2D eigenvalue weighted by Gasteiger charge is 2.24. The summed E-state index contributed by atoms with van der Waals surface area (Å²) in [7, 11) is 0. The van der Waals surface area contributed by atoms with Crippen LogP contribution >= 0.6 is 11.3 Å². The van der Waals surface area contributed by atoms with E-state index in [9.17, 15) is 9.59 Å². The van der Waals surface area contributed by atoms with Crippen LogP contribution in [0.25, 0.3) is 6.08 Å². The molecule has 0 unspecified atom stereocenters.